The highest BCUT2D eigenvalue weighted by molar-refractivity contribution is 5.02. The Hall–Kier alpha value is -0.0800. The van der Waals surface area contributed by atoms with Crippen LogP contribution >= 0.6 is 0 Å². The number of unbranched alkanes of at least 4 members (excludes halogenated alkanes) is 2. The summed E-state index contributed by atoms with van der Waals surface area (Å²) in [7, 11) is 0. The van der Waals surface area contributed by atoms with Crippen molar-refractivity contribution >= 4 is 0 Å². The number of likely N-dealkylation sites (tertiary alicyclic amines) is 1. The van der Waals surface area contributed by atoms with E-state index in [0.29, 0.717) is 5.54 Å². The van der Waals surface area contributed by atoms with E-state index in [1.54, 1.807) is 0 Å². The van der Waals surface area contributed by atoms with Gasteiger partial charge in [-0.3, -0.25) is 4.90 Å². The smallest absolute Gasteiger partial charge is 0.0654 e. The van der Waals surface area contributed by atoms with E-state index in [0.717, 1.165) is 19.1 Å². The zero-order chi connectivity index (χ0) is 10.7. The van der Waals surface area contributed by atoms with Crippen LogP contribution in [0, 0.1) is 5.92 Å². The average molecular weight is 211 g/mol. The Morgan fingerprint density at radius 3 is 2.93 bits per heavy atom. The second kappa shape index (κ2) is 4.84. The fourth-order valence-corrected chi connectivity index (χ4v) is 3.28. The van der Waals surface area contributed by atoms with Crippen LogP contribution in [0.3, 0.4) is 0 Å². The summed E-state index contributed by atoms with van der Waals surface area (Å²) in [5, 5.41) is 0. The van der Waals surface area contributed by atoms with Gasteiger partial charge >= 0.3 is 0 Å². The van der Waals surface area contributed by atoms with Crippen molar-refractivity contribution in [3.8, 4) is 0 Å². The predicted octanol–water partition coefficient (Wildman–Crippen LogP) is 2.68. The van der Waals surface area contributed by atoms with E-state index in [-0.39, 0.29) is 0 Å². The van der Waals surface area contributed by atoms with Crippen molar-refractivity contribution in [2.24, 2.45) is 5.92 Å². The van der Waals surface area contributed by atoms with Crippen molar-refractivity contribution in [2.45, 2.75) is 51.5 Å². The van der Waals surface area contributed by atoms with Crippen LogP contribution in [0.5, 0.6) is 0 Å². The Balaban J connectivity index is 1.92. The molecule has 88 valence electrons. The first kappa shape index (κ1) is 11.4. The molecular weight excluding hydrogens is 186 g/mol. The van der Waals surface area contributed by atoms with Gasteiger partial charge in [0.15, 0.2) is 0 Å². The molecule has 2 nitrogen and oxygen atoms in total. The first-order valence-electron chi connectivity index (χ1n) is 6.62. The molecular formula is C13H25NO. The van der Waals surface area contributed by atoms with Gasteiger partial charge in [0.05, 0.1) is 13.2 Å². The van der Waals surface area contributed by atoms with Crippen LogP contribution < -0.4 is 0 Å². The fourth-order valence-electron chi connectivity index (χ4n) is 3.28. The molecule has 0 aromatic rings. The minimum absolute atomic E-state index is 0.424. The van der Waals surface area contributed by atoms with Gasteiger partial charge in [-0.1, -0.05) is 26.7 Å². The van der Waals surface area contributed by atoms with Gasteiger partial charge in [-0.05, 0) is 32.4 Å². The van der Waals surface area contributed by atoms with E-state index in [9.17, 15) is 0 Å². The molecule has 2 rings (SSSR count). The van der Waals surface area contributed by atoms with Crippen molar-refractivity contribution in [3.63, 3.8) is 0 Å². The van der Waals surface area contributed by atoms with Crippen molar-refractivity contribution in [2.75, 3.05) is 26.3 Å². The van der Waals surface area contributed by atoms with E-state index >= 15 is 0 Å². The molecule has 2 saturated heterocycles. The normalized spacial score (nSPS) is 36.8. The molecule has 2 aliphatic heterocycles. The van der Waals surface area contributed by atoms with E-state index in [4.69, 9.17) is 4.74 Å². The van der Waals surface area contributed by atoms with Gasteiger partial charge in [-0.25, -0.2) is 0 Å². The van der Waals surface area contributed by atoms with Crippen molar-refractivity contribution in [3.05, 3.63) is 0 Å². The van der Waals surface area contributed by atoms with Gasteiger partial charge in [-0.15, -0.1) is 0 Å². The van der Waals surface area contributed by atoms with Gasteiger partial charge in [0.1, 0.15) is 0 Å². The first-order valence-corrected chi connectivity index (χ1v) is 6.62. The van der Waals surface area contributed by atoms with Crippen LogP contribution in [-0.4, -0.2) is 36.7 Å². The number of ether oxygens (including phenoxy) is 1. The summed E-state index contributed by atoms with van der Waals surface area (Å²) in [4.78, 5) is 2.72. The summed E-state index contributed by atoms with van der Waals surface area (Å²) in [5.41, 5.74) is 0.424. The van der Waals surface area contributed by atoms with Gasteiger partial charge < -0.3 is 4.74 Å². The summed E-state index contributed by atoms with van der Waals surface area (Å²) in [6, 6.07) is 0. The number of hydrogen-bond acceptors (Lipinski definition) is 2. The molecule has 0 bridgehead atoms. The zero-order valence-electron chi connectivity index (χ0n) is 10.3. The van der Waals surface area contributed by atoms with Gasteiger partial charge in [0, 0.05) is 11.5 Å². The summed E-state index contributed by atoms with van der Waals surface area (Å²) < 4.78 is 5.69. The minimum Gasteiger partial charge on any atom is -0.379 e. The van der Waals surface area contributed by atoms with Crippen LogP contribution in [0.1, 0.15) is 46.0 Å². The Bertz CT molecular complexity index is 203. The predicted molar refractivity (Wildman–Crippen MR) is 63.0 cm³/mol. The highest BCUT2D eigenvalue weighted by Gasteiger charge is 2.48. The largest absolute Gasteiger partial charge is 0.379 e. The lowest BCUT2D eigenvalue weighted by Gasteiger charge is -2.37. The molecule has 2 heteroatoms. The summed E-state index contributed by atoms with van der Waals surface area (Å²) in [6.07, 6.45) is 6.81. The lowest BCUT2D eigenvalue weighted by atomic mass is 9.86. The Morgan fingerprint density at radius 1 is 1.40 bits per heavy atom. The zero-order valence-corrected chi connectivity index (χ0v) is 10.3. The number of hydrogen-bond donors (Lipinski definition) is 0. The SMILES string of the molecule is CCCCCN1CCCC12COC[C@@H]2C. The van der Waals surface area contributed by atoms with E-state index in [2.05, 4.69) is 18.7 Å². The Kier molecular flexibility index (Phi) is 3.68. The molecule has 15 heavy (non-hydrogen) atoms. The lowest BCUT2D eigenvalue weighted by Crippen LogP contribution is -2.49. The molecule has 2 fully saturated rings. The third-order valence-electron chi connectivity index (χ3n) is 4.34. The highest BCUT2D eigenvalue weighted by Crippen LogP contribution is 2.40. The van der Waals surface area contributed by atoms with E-state index in [1.807, 2.05) is 0 Å². The second-order valence-corrected chi connectivity index (χ2v) is 5.32. The van der Waals surface area contributed by atoms with Crippen LogP contribution in [-0.2, 0) is 4.74 Å². The molecule has 2 heterocycles. The third-order valence-corrected chi connectivity index (χ3v) is 4.34. The van der Waals surface area contributed by atoms with Crippen molar-refractivity contribution in [1.29, 1.82) is 0 Å². The molecule has 0 aliphatic carbocycles. The molecule has 2 aliphatic rings. The molecule has 0 aromatic carbocycles. The molecule has 0 radical (unpaired) electrons. The quantitative estimate of drug-likeness (QED) is 0.663. The van der Waals surface area contributed by atoms with Crippen LogP contribution in [0.25, 0.3) is 0 Å². The monoisotopic (exact) mass is 211 g/mol. The van der Waals surface area contributed by atoms with Crippen LogP contribution in [0.2, 0.25) is 0 Å². The standard InChI is InChI=1S/C13H25NO/c1-3-4-5-8-14-9-6-7-13(14)11-15-10-12(13)2/h12H,3-11H2,1-2H3/t12-,13?/m0/s1. The number of rotatable bonds is 4. The van der Waals surface area contributed by atoms with Gasteiger partial charge in [-0.2, -0.15) is 0 Å². The van der Waals surface area contributed by atoms with Gasteiger partial charge in [0.25, 0.3) is 0 Å². The second-order valence-electron chi connectivity index (χ2n) is 5.32. The molecule has 0 aromatic heterocycles. The summed E-state index contributed by atoms with van der Waals surface area (Å²) in [6.45, 7) is 9.20. The Labute approximate surface area is 94.0 Å². The molecule has 2 atom stereocenters. The maximum absolute atomic E-state index is 5.69. The lowest BCUT2D eigenvalue weighted by molar-refractivity contribution is 0.0878. The number of nitrogens with zero attached hydrogens (tertiary/aromatic N) is 1. The minimum atomic E-state index is 0.424. The molecule has 0 N–H and O–H groups in total. The van der Waals surface area contributed by atoms with Crippen LogP contribution in [0.4, 0.5) is 0 Å². The fraction of sp³-hybridized carbons (Fsp3) is 1.00. The van der Waals surface area contributed by atoms with Gasteiger partial charge in [0.2, 0.25) is 0 Å². The summed E-state index contributed by atoms with van der Waals surface area (Å²) >= 11 is 0. The molecule has 0 amide bonds. The maximum Gasteiger partial charge on any atom is 0.0654 e. The first-order chi connectivity index (χ1) is 7.29. The summed E-state index contributed by atoms with van der Waals surface area (Å²) in [5.74, 6) is 0.738. The van der Waals surface area contributed by atoms with Crippen LogP contribution in [0.15, 0.2) is 0 Å². The Morgan fingerprint density at radius 2 is 2.27 bits per heavy atom. The molecule has 1 spiro atoms. The van der Waals surface area contributed by atoms with Crippen molar-refractivity contribution in [1.82, 2.24) is 4.90 Å². The molecule has 0 saturated carbocycles. The topological polar surface area (TPSA) is 12.5 Å². The highest BCUT2D eigenvalue weighted by atomic mass is 16.5. The third kappa shape index (κ3) is 2.07. The van der Waals surface area contributed by atoms with E-state index in [1.165, 1.54) is 45.2 Å². The van der Waals surface area contributed by atoms with Crippen molar-refractivity contribution < 1.29 is 4.74 Å². The average Bonchev–Trinajstić information content (AvgIpc) is 2.78. The van der Waals surface area contributed by atoms with E-state index < -0.39 is 0 Å². The maximum atomic E-state index is 5.69. The molecule has 1 unspecified atom stereocenters.